The number of fused-ring (bicyclic) bond motifs is 3. The van der Waals surface area contributed by atoms with Gasteiger partial charge in [0, 0.05) is 23.7 Å². The Hall–Kier alpha value is -4.26. The lowest BCUT2D eigenvalue weighted by molar-refractivity contribution is 0.0951. The van der Waals surface area contributed by atoms with E-state index in [9.17, 15) is 9.18 Å². The second kappa shape index (κ2) is 8.26. The molecule has 1 amide bonds. The van der Waals surface area contributed by atoms with Crippen LogP contribution < -0.4 is 10.6 Å². The predicted octanol–water partition coefficient (Wildman–Crippen LogP) is 5.19. The maximum absolute atomic E-state index is 13.6. The van der Waals surface area contributed by atoms with Gasteiger partial charge >= 0.3 is 0 Å². The Morgan fingerprint density at radius 1 is 1.03 bits per heavy atom. The van der Waals surface area contributed by atoms with Crippen LogP contribution in [0.1, 0.15) is 28.8 Å². The van der Waals surface area contributed by atoms with Crippen LogP contribution in [0.15, 0.2) is 79.0 Å². The summed E-state index contributed by atoms with van der Waals surface area (Å²) < 4.78 is 15.7. The highest BCUT2D eigenvalue weighted by molar-refractivity contribution is 5.95. The molecule has 0 atom stereocenters. The first-order chi connectivity index (χ1) is 16.7. The van der Waals surface area contributed by atoms with Crippen LogP contribution >= 0.6 is 0 Å². The van der Waals surface area contributed by atoms with Crippen LogP contribution in [0.4, 0.5) is 10.2 Å². The van der Waals surface area contributed by atoms with E-state index in [4.69, 9.17) is 4.98 Å². The highest BCUT2D eigenvalue weighted by atomic mass is 19.1. The zero-order valence-corrected chi connectivity index (χ0v) is 18.3. The normalized spacial score (nSPS) is 13.3. The van der Waals surface area contributed by atoms with Crippen LogP contribution in [0.5, 0.6) is 0 Å². The average molecular weight is 452 g/mol. The number of halogens is 1. The third-order valence-corrected chi connectivity index (χ3v) is 6.03. The first-order valence-corrected chi connectivity index (χ1v) is 11.3. The molecule has 0 spiro atoms. The minimum atomic E-state index is -0.270. The number of carbonyl (C=O) groups excluding carboxylic acids is 1. The zero-order valence-electron chi connectivity index (χ0n) is 18.3. The Bertz CT molecular complexity index is 1520. The molecule has 2 aromatic heterocycles. The second-order valence-electron chi connectivity index (χ2n) is 8.56. The molecule has 5 aromatic rings. The number of nitrogens with zero attached hydrogens (tertiary/aromatic N) is 3. The van der Waals surface area contributed by atoms with Crippen LogP contribution in [-0.4, -0.2) is 26.3 Å². The van der Waals surface area contributed by atoms with E-state index < -0.39 is 0 Å². The first-order valence-electron chi connectivity index (χ1n) is 11.3. The maximum atomic E-state index is 13.6. The molecular weight excluding hydrogens is 429 g/mol. The van der Waals surface area contributed by atoms with Crippen molar-refractivity contribution in [3.8, 4) is 11.3 Å². The van der Waals surface area contributed by atoms with Gasteiger partial charge in [-0.2, -0.15) is 0 Å². The molecule has 168 valence electrons. The summed E-state index contributed by atoms with van der Waals surface area (Å²) in [5, 5.41) is 6.34. The van der Waals surface area contributed by atoms with E-state index in [0.717, 1.165) is 40.7 Å². The van der Waals surface area contributed by atoms with Gasteiger partial charge in [-0.25, -0.2) is 14.4 Å². The third-order valence-electron chi connectivity index (χ3n) is 6.03. The maximum Gasteiger partial charge on any atom is 0.251 e. The van der Waals surface area contributed by atoms with Crippen LogP contribution in [0, 0.1) is 5.82 Å². The monoisotopic (exact) mass is 451 g/mol. The van der Waals surface area contributed by atoms with Gasteiger partial charge < -0.3 is 10.6 Å². The number of amides is 1. The number of rotatable bonds is 6. The molecule has 1 aliphatic carbocycles. The van der Waals surface area contributed by atoms with E-state index >= 15 is 0 Å². The summed E-state index contributed by atoms with van der Waals surface area (Å²) in [6, 6.07) is 22.3. The van der Waals surface area contributed by atoms with Crippen molar-refractivity contribution in [2.75, 3.05) is 5.32 Å². The number of para-hydroxylation sites is 2. The highest BCUT2D eigenvalue weighted by Crippen LogP contribution is 2.29. The number of hydrogen-bond acceptors (Lipinski definition) is 4. The average Bonchev–Trinajstić information content (AvgIpc) is 3.56. The Labute approximate surface area is 195 Å². The molecule has 1 saturated carbocycles. The van der Waals surface area contributed by atoms with Gasteiger partial charge in [-0.3, -0.25) is 9.20 Å². The topological polar surface area (TPSA) is 71.3 Å². The van der Waals surface area contributed by atoms with Gasteiger partial charge in [-0.05, 0) is 54.8 Å². The lowest BCUT2D eigenvalue weighted by Crippen LogP contribution is -2.25. The third kappa shape index (κ3) is 3.85. The van der Waals surface area contributed by atoms with Crippen molar-refractivity contribution in [1.29, 1.82) is 0 Å². The van der Waals surface area contributed by atoms with E-state index in [1.165, 1.54) is 12.1 Å². The Kier molecular flexibility index (Phi) is 4.95. The molecule has 7 heteroatoms. The molecule has 3 aromatic carbocycles. The molecule has 0 aliphatic heterocycles. The van der Waals surface area contributed by atoms with Crippen LogP contribution in [-0.2, 0) is 6.54 Å². The molecule has 1 aliphatic rings. The molecule has 6 rings (SSSR count). The molecule has 0 bridgehead atoms. The van der Waals surface area contributed by atoms with Gasteiger partial charge in [-0.15, -0.1) is 0 Å². The van der Waals surface area contributed by atoms with Crippen molar-refractivity contribution in [3.63, 3.8) is 0 Å². The predicted molar refractivity (Wildman–Crippen MR) is 130 cm³/mol. The van der Waals surface area contributed by atoms with E-state index in [-0.39, 0.29) is 11.7 Å². The molecule has 1 fully saturated rings. The van der Waals surface area contributed by atoms with Gasteiger partial charge in [0.2, 0.25) is 0 Å². The number of nitrogens with one attached hydrogen (secondary N) is 2. The molecule has 0 saturated heterocycles. The fourth-order valence-electron chi connectivity index (χ4n) is 4.12. The molecular formula is C27H22FN5O. The second-order valence-corrected chi connectivity index (χ2v) is 8.56. The summed E-state index contributed by atoms with van der Waals surface area (Å²) >= 11 is 0. The molecule has 0 radical (unpaired) electrons. The standard InChI is InChI=1S/C27H22FN5O/c28-20-5-3-4-17(14-20)15-29-25-26-30-16-24(33(26)23-7-2-1-6-22(23)32-25)18-8-10-19(11-9-18)27(34)31-21-12-13-21/h1-11,14,16,21H,12-13,15H2,(H,29,32)(H,31,34). The summed E-state index contributed by atoms with van der Waals surface area (Å²) in [5.74, 6) is 0.314. The Morgan fingerprint density at radius 2 is 1.85 bits per heavy atom. The van der Waals surface area contributed by atoms with Crippen molar-refractivity contribution in [1.82, 2.24) is 19.7 Å². The number of benzene rings is 3. The summed E-state index contributed by atoms with van der Waals surface area (Å²) in [6.45, 7) is 0.422. The fraction of sp³-hybridized carbons (Fsp3) is 0.148. The summed E-state index contributed by atoms with van der Waals surface area (Å²) in [6.07, 6.45) is 3.93. The Morgan fingerprint density at radius 3 is 2.65 bits per heavy atom. The molecule has 0 unspecified atom stereocenters. The summed E-state index contributed by atoms with van der Waals surface area (Å²) in [7, 11) is 0. The number of imidazole rings is 1. The summed E-state index contributed by atoms with van der Waals surface area (Å²) in [5.41, 5.74) is 5.74. The van der Waals surface area contributed by atoms with Crippen molar-refractivity contribution in [2.45, 2.75) is 25.4 Å². The van der Waals surface area contributed by atoms with Crippen molar-refractivity contribution >= 4 is 28.4 Å². The number of carbonyl (C=O) groups is 1. The lowest BCUT2D eigenvalue weighted by atomic mass is 10.1. The van der Waals surface area contributed by atoms with Gasteiger partial charge in [0.1, 0.15) is 5.82 Å². The van der Waals surface area contributed by atoms with E-state index in [0.29, 0.717) is 29.6 Å². The van der Waals surface area contributed by atoms with Crippen LogP contribution in [0.3, 0.4) is 0 Å². The molecule has 34 heavy (non-hydrogen) atoms. The van der Waals surface area contributed by atoms with Gasteiger partial charge in [0.05, 0.1) is 22.9 Å². The van der Waals surface area contributed by atoms with E-state index in [1.54, 1.807) is 6.07 Å². The fourth-order valence-corrected chi connectivity index (χ4v) is 4.12. The number of aromatic nitrogens is 3. The van der Waals surface area contributed by atoms with E-state index in [1.807, 2.05) is 60.8 Å². The number of anilines is 1. The molecule has 6 nitrogen and oxygen atoms in total. The minimum absolute atomic E-state index is 0.0364. The first kappa shape index (κ1) is 20.4. The zero-order chi connectivity index (χ0) is 23.1. The van der Waals surface area contributed by atoms with Crippen molar-refractivity contribution in [3.05, 3.63) is 95.9 Å². The minimum Gasteiger partial charge on any atom is -0.363 e. The van der Waals surface area contributed by atoms with E-state index in [2.05, 4.69) is 20.0 Å². The number of hydrogen-bond donors (Lipinski definition) is 2. The SMILES string of the molecule is O=C(NC1CC1)c1ccc(-c2cnc3c(NCc4cccc(F)c4)nc4ccccc4n23)cc1. The van der Waals surface area contributed by atoms with Gasteiger partial charge in [0.15, 0.2) is 11.5 Å². The highest BCUT2D eigenvalue weighted by Gasteiger charge is 2.23. The smallest absolute Gasteiger partial charge is 0.251 e. The van der Waals surface area contributed by atoms with Crippen molar-refractivity contribution < 1.29 is 9.18 Å². The Balaban J connectivity index is 1.39. The molecule has 2 N–H and O–H groups in total. The quantitative estimate of drug-likeness (QED) is 0.373. The largest absolute Gasteiger partial charge is 0.363 e. The van der Waals surface area contributed by atoms with Gasteiger partial charge in [0.25, 0.3) is 5.91 Å². The van der Waals surface area contributed by atoms with Crippen LogP contribution in [0.2, 0.25) is 0 Å². The lowest BCUT2D eigenvalue weighted by Gasteiger charge is -2.12. The van der Waals surface area contributed by atoms with Gasteiger partial charge in [-0.1, -0.05) is 36.4 Å². The summed E-state index contributed by atoms with van der Waals surface area (Å²) in [4.78, 5) is 21.8. The van der Waals surface area contributed by atoms with Crippen molar-refractivity contribution in [2.24, 2.45) is 0 Å². The molecule has 2 heterocycles. The van der Waals surface area contributed by atoms with Crippen LogP contribution in [0.25, 0.3) is 27.9 Å².